The van der Waals surface area contributed by atoms with E-state index in [2.05, 4.69) is 13.0 Å². The van der Waals surface area contributed by atoms with Crippen molar-refractivity contribution in [3.05, 3.63) is 24.3 Å². The topological polar surface area (TPSA) is 77.8 Å². The molecule has 1 aliphatic rings. The second kappa shape index (κ2) is 12.3. The van der Waals surface area contributed by atoms with E-state index < -0.39 is 5.97 Å². The average Bonchev–Trinajstić information content (AvgIpc) is 2.89. The van der Waals surface area contributed by atoms with Gasteiger partial charge in [-0.25, -0.2) is 0 Å². The van der Waals surface area contributed by atoms with Crippen molar-refractivity contribution < 1.29 is 20.1 Å². The summed E-state index contributed by atoms with van der Waals surface area (Å²) in [6.45, 7) is 2.18. The summed E-state index contributed by atoms with van der Waals surface area (Å²) >= 11 is 0. The van der Waals surface area contributed by atoms with Crippen molar-refractivity contribution in [1.29, 1.82) is 0 Å². The number of carboxylic acid groups (broad SMARTS) is 1. The van der Waals surface area contributed by atoms with Crippen LogP contribution in [0.2, 0.25) is 0 Å². The molecule has 0 saturated heterocycles. The molecule has 4 atom stereocenters. The number of allylic oxidation sites excluding steroid dienone is 3. The van der Waals surface area contributed by atoms with Crippen molar-refractivity contribution in [3.63, 3.8) is 0 Å². The molecule has 0 radical (unpaired) electrons. The number of aliphatic carboxylic acids is 1. The van der Waals surface area contributed by atoms with Gasteiger partial charge in [0, 0.05) is 6.42 Å². The van der Waals surface area contributed by atoms with Crippen molar-refractivity contribution >= 4 is 5.97 Å². The Kier molecular flexibility index (Phi) is 10.7. The summed E-state index contributed by atoms with van der Waals surface area (Å²) in [6.07, 6.45) is 15.9. The molecule has 1 aliphatic carbocycles. The van der Waals surface area contributed by atoms with Crippen molar-refractivity contribution in [2.75, 3.05) is 0 Å². The zero-order valence-electron chi connectivity index (χ0n) is 14.9. The highest BCUT2D eigenvalue weighted by Crippen LogP contribution is 2.36. The molecule has 4 nitrogen and oxygen atoms in total. The standard InChI is InChI=1S/C20H34O4/c1-2-3-4-6-9-17(21)14-12-16-13-15-19(22)18(16)10-7-5-8-11-20(23)24/h5,7,12,14,16-19,21-22H,2-4,6,8-11,13,15H2,1H3,(H,23,24). The lowest BCUT2D eigenvalue weighted by Crippen LogP contribution is -2.17. The second-order valence-corrected chi connectivity index (χ2v) is 6.91. The molecule has 1 saturated carbocycles. The van der Waals surface area contributed by atoms with E-state index in [4.69, 9.17) is 5.11 Å². The van der Waals surface area contributed by atoms with Gasteiger partial charge in [-0.05, 0) is 43.9 Å². The molecule has 24 heavy (non-hydrogen) atoms. The van der Waals surface area contributed by atoms with Crippen LogP contribution in [0.3, 0.4) is 0 Å². The van der Waals surface area contributed by atoms with Crippen LogP contribution in [0.1, 0.15) is 71.1 Å². The number of aliphatic hydroxyl groups excluding tert-OH is 2. The third kappa shape index (κ3) is 8.65. The van der Waals surface area contributed by atoms with E-state index in [0.29, 0.717) is 12.3 Å². The van der Waals surface area contributed by atoms with E-state index in [1.54, 1.807) is 0 Å². The molecule has 4 heteroatoms. The van der Waals surface area contributed by atoms with Gasteiger partial charge in [-0.3, -0.25) is 4.79 Å². The molecule has 0 aliphatic heterocycles. The molecule has 0 aromatic heterocycles. The van der Waals surface area contributed by atoms with Gasteiger partial charge >= 0.3 is 5.97 Å². The zero-order chi connectivity index (χ0) is 17.8. The zero-order valence-corrected chi connectivity index (χ0v) is 14.9. The van der Waals surface area contributed by atoms with Crippen LogP contribution >= 0.6 is 0 Å². The Labute approximate surface area is 146 Å². The first kappa shape index (κ1) is 20.9. The maximum atomic E-state index is 10.5. The number of carbonyl (C=O) groups is 1. The third-order valence-electron chi connectivity index (χ3n) is 4.87. The van der Waals surface area contributed by atoms with Gasteiger partial charge in [0.1, 0.15) is 0 Å². The number of rotatable bonds is 12. The number of aliphatic hydroxyl groups is 2. The van der Waals surface area contributed by atoms with Crippen LogP contribution in [0.4, 0.5) is 0 Å². The molecule has 1 fully saturated rings. The minimum atomic E-state index is -0.783. The van der Waals surface area contributed by atoms with E-state index in [1.165, 1.54) is 19.3 Å². The highest BCUT2D eigenvalue weighted by Gasteiger charge is 2.32. The summed E-state index contributed by atoms with van der Waals surface area (Å²) in [5, 5.41) is 28.8. The summed E-state index contributed by atoms with van der Waals surface area (Å²) in [4.78, 5) is 10.5. The molecule has 1 rings (SSSR count). The van der Waals surface area contributed by atoms with Gasteiger partial charge in [0.15, 0.2) is 0 Å². The lowest BCUT2D eigenvalue weighted by molar-refractivity contribution is -0.136. The fourth-order valence-electron chi connectivity index (χ4n) is 3.37. The minimum Gasteiger partial charge on any atom is -0.481 e. The van der Waals surface area contributed by atoms with Gasteiger partial charge in [0.2, 0.25) is 0 Å². The molecule has 0 aromatic rings. The maximum absolute atomic E-state index is 10.5. The highest BCUT2D eigenvalue weighted by molar-refractivity contribution is 5.66. The van der Waals surface area contributed by atoms with Crippen molar-refractivity contribution in [1.82, 2.24) is 0 Å². The molecular formula is C20H34O4. The highest BCUT2D eigenvalue weighted by atomic mass is 16.4. The van der Waals surface area contributed by atoms with Crippen LogP contribution in [-0.2, 0) is 4.79 Å². The van der Waals surface area contributed by atoms with Gasteiger partial charge in [-0.2, -0.15) is 0 Å². The normalized spacial score (nSPS) is 25.7. The van der Waals surface area contributed by atoms with Crippen LogP contribution in [-0.4, -0.2) is 33.5 Å². The van der Waals surface area contributed by atoms with Crippen molar-refractivity contribution in [3.8, 4) is 0 Å². The first-order valence-electron chi connectivity index (χ1n) is 9.45. The monoisotopic (exact) mass is 338 g/mol. The summed E-state index contributed by atoms with van der Waals surface area (Å²) in [7, 11) is 0. The molecule has 0 bridgehead atoms. The predicted octanol–water partition coefficient (Wildman–Crippen LogP) is 4.07. The number of carboxylic acids is 1. The summed E-state index contributed by atoms with van der Waals surface area (Å²) in [6, 6.07) is 0. The molecule has 0 heterocycles. The summed E-state index contributed by atoms with van der Waals surface area (Å²) in [5.74, 6) is -0.307. The van der Waals surface area contributed by atoms with Crippen LogP contribution in [0.15, 0.2) is 24.3 Å². The molecule has 0 amide bonds. The smallest absolute Gasteiger partial charge is 0.303 e. The molecule has 0 aromatic carbocycles. The SMILES string of the molecule is CCCCCCC(O)C=CC1CCC(O)C1CC=CCCC(=O)O. The van der Waals surface area contributed by atoms with E-state index in [9.17, 15) is 15.0 Å². The first-order valence-corrected chi connectivity index (χ1v) is 9.45. The first-order chi connectivity index (χ1) is 11.5. The van der Waals surface area contributed by atoms with Gasteiger partial charge in [0.25, 0.3) is 0 Å². The lowest BCUT2D eigenvalue weighted by Gasteiger charge is -2.18. The number of hydrogen-bond donors (Lipinski definition) is 3. The van der Waals surface area contributed by atoms with Gasteiger partial charge < -0.3 is 15.3 Å². The van der Waals surface area contributed by atoms with E-state index in [1.807, 2.05) is 18.2 Å². The van der Waals surface area contributed by atoms with Gasteiger partial charge in [-0.1, -0.05) is 56.9 Å². The summed E-state index contributed by atoms with van der Waals surface area (Å²) < 4.78 is 0. The molecule has 3 N–H and O–H groups in total. The Hall–Kier alpha value is -1.13. The quantitative estimate of drug-likeness (QED) is 0.370. The molecule has 0 spiro atoms. The molecule has 4 unspecified atom stereocenters. The Morgan fingerprint density at radius 3 is 2.71 bits per heavy atom. The predicted molar refractivity (Wildman–Crippen MR) is 96.8 cm³/mol. The summed E-state index contributed by atoms with van der Waals surface area (Å²) in [5.41, 5.74) is 0. The fourth-order valence-corrected chi connectivity index (χ4v) is 3.37. The molecular weight excluding hydrogens is 304 g/mol. The van der Waals surface area contributed by atoms with E-state index in [-0.39, 0.29) is 24.5 Å². The number of hydrogen-bond acceptors (Lipinski definition) is 3. The minimum absolute atomic E-state index is 0.150. The van der Waals surface area contributed by atoms with Crippen LogP contribution in [0.25, 0.3) is 0 Å². The van der Waals surface area contributed by atoms with Crippen LogP contribution in [0, 0.1) is 11.8 Å². The maximum Gasteiger partial charge on any atom is 0.303 e. The Morgan fingerprint density at radius 2 is 2.00 bits per heavy atom. The lowest BCUT2D eigenvalue weighted by atomic mass is 9.90. The van der Waals surface area contributed by atoms with Crippen LogP contribution < -0.4 is 0 Å². The van der Waals surface area contributed by atoms with Gasteiger partial charge in [-0.15, -0.1) is 0 Å². The largest absolute Gasteiger partial charge is 0.481 e. The second-order valence-electron chi connectivity index (χ2n) is 6.91. The van der Waals surface area contributed by atoms with Gasteiger partial charge in [0.05, 0.1) is 12.2 Å². The fraction of sp³-hybridized carbons (Fsp3) is 0.750. The number of unbranched alkanes of at least 4 members (excludes halogenated alkanes) is 3. The Morgan fingerprint density at radius 1 is 1.21 bits per heavy atom. The van der Waals surface area contributed by atoms with Crippen molar-refractivity contribution in [2.45, 2.75) is 83.3 Å². The Balaban J connectivity index is 2.36. The third-order valence-corrected chi connectivity index (χ3v) is 4.87. The molecule has 138 valence electrons. The average molecular weight is 338 g/mol. The van der Waals surface area contributed by atoms with Crippen LogP contribution in [0.5, 0.6) is 0 Å². The Bertz CT molecular complexity index is 402. The van der Waals surface area contributed by atoms with E-state index >= 15 is 0 Å². The van der Waals surface area contributed by atoms with Crippen molar-refractivity contribution in [2.24, 2.45) is 11.8 Å². The van der Waals surface area contributed by atoms with E-state index in [0.717, 1.165) is 32.1 Å².